The molecule has 0 atom stereocenters. The van der Waals surface area contributed by atoms with Crippen LogP contribution in [0.4, 0.5) is 0 Å². The normalized spacial score (nSPS) is 10.6. The van der Waals surface area contributed by atoms with Gasteiger partial charge in [0.2, 0.25) is 0 Å². The zero-order chi connectivity index (χ0) is 13.8. The molecular weight excluding hydrogens is 234 g/mol. The standard InChI is InChI=1S/C17H29NO/c1-3-5-6-7-10-14-19-17-12-9-8-11-16(17)15-18-13-4-2/h8-9,11-12,18H,3-7,10,13-15H2,1-2H3. The number of hydrogen-bond donors (Lipinski definition) is 1. The molecule has 1 N–H and O–H groups in total. The number of benzene rings is 1. The largest absolute Gasteiger partial charge is 0.493 e. The van der Waals surface area contributed by atoms with Gasteiger partial charge >= 0.3 is 0 Å². The van der Waals surface area contributed by atoms with E-state index in [-0.39, 0.29) is 0 Å². The first-order valence-electron chi connectivity index (χ1n) is 7.80. The molecule has 0 saturated carbocycles. The maximum absolute atomic E-state index is 5.91. The summed E-state index contributed by atoms with van der Waals surface area (Å²) in [6, 6.07) is 8.36. The number of rotatable bonds is 11. The van der Waals surface area contributed by atoms with Gasteiger partial charge in [-0.1, -0.05) is 57.7 Å². The highest BCUT2D eigenvalue weighted by atomic mass is 16.5. The Morgan fingerprint density at radius 3 is 2.53 bits per heavy atom. The topological polar surface area (TPSA) is 21.3 Å². The van der Waals surface area contributed by atoms with Crippen LogP contribution < -0.4 is 10.1 Å². The van der Waals surface area contributed by atoms with Crippen LogP contribution in [-0.4, -0.2) is 13.2 Å². The van der Waals surface area contributed by atoms with Gasteiger partial charge in [-0.25, -0.2) is 0 Å². The van der Waals surface area contributed by atoms with Crippen LogP contribution in [0.25, 0.3) is 0 Å². The molecule has 0 bridgehead atoms. The highest BCUT2D eigenvalue weighted by molar-refractivity contribution is 5.33. The van der Waals surface area contributed by atoms with E-state index in [1.807, 2.05) is 0 Å². The Morgan fingerprint density at radius 2 is 1.74 bits per heavy atom. The van der Waals surface area contributed by atoms with Gasteiger partial charge in [-0.2, -0.15) is 0 Å². The van der Waals surface area contributed by atoms with E-state index in [0.717, 1.165) is 31.9 Å². The first kappa shape index (κ1) is 16.0. The van der Waals surface area contributed by atoms with E-state index >= 15 is 0 Å². The average Bonchev–Trinajstić information content (AvgIpc) is 2.44. The zero-order valence-corrected chi connectivity index (χ0v) is 12.6. The molecule has 1 aromatic rings. The molecule has 2 heteroatoms. The molecule has 108 valence electrons. The molecule has 19 heavy (non-hydrogen) atoms. The van der Waals surface area contributed by atoms with Crippen molar-refractivity contribution in [3.63, 3.8) is 0 Å². The summed E-state index contributed by atoms with van der Waals surface area (Å²) in [6.07, 6.45) is 7.59. The van der Waals surface area contributed by atoms with Gasteiger partial charge in [0.05, 0.1) is 6.61 Å². The number of unbranched alkanes of at least 4 members (excludes halogenated alkanes) is 4. The Bertz CT molecular complexity index is 325. The maximum atomic E-state index is 5.91. The Labute approximate surface area is 118 Å². The van der Waals surface area contributed by atoms with E-state index in [1.165, 1.54) is 37.7 Å². The molecule has 0 saturated heterocycles. The van der Waals surface area contributed by atoms with E-state index in [2.05, 4.69) is 43.4 Å². The monoisotopic (exact) mass is 263 g/mol. The van der Waals surface area contributed by atoms with Crippen LogP contribution in [0.1, 0.15) is 57.9 Å². The zero-order valence-electron chi connectivity index (χ0n) is 12.6. The van der Waals surface area contributed by atoms with Crippen LogP contribution in [0.2, 0.25) is 0 Å². The molecule has 2 nitrogen and oxygen atoms in total. The lowest BCUT2D eigenvalue weighted by Gasteiger charge is -2.12. The van der Waals surface area contributed by atoms with Gasteiger partial charge in [0.15, 0.2) is 0 Å². The summed E-state index contributed by atoms with van der Waals surface area (Å²) in [7, 11) is 0. The molecule has 1 aromatic carbocycles. The molecule has 0 radical (unpaired) electrons. The van der Waals surface area contributed by atoms with Crippen molar-refractivity contribution < 1.29 is 4.74 Å². The molecule has 0 heterocycles. The predicted octanol–water partition coefficient (Wildman–Crippen LogP) is 4.54. The Morgan fingerprint density at radius 1 is 0.947 bits per heavy atom. The fraction of sp³-hybridized carbons (Fsp3) is 0.647. The summed E-state index contributed by atoms with van der Waals surface area (Å²) in [6.45, 7) is 7.24. The van der Waals surface area contributed by atoms with Crippen LogP contribution in [0.5, 0.6) is 5.75 Å². The van der Waals surface area contributed by atoms with Crippen molar-refractivity contribution in [1.29, 1.82) is 0 Å². The molecule has 0 aliphatic heterocycles. The van der Waals surface area contributed by atoms with Crippen molar-refractivity contribution in [1.82, 2.24) is 5.32 Å². The third-order valence-electron chi connectivity index (χ3n) is 3.22. The molecular formula is C17H29NO. The number of para-hydroxylation sites is 1. The lowest BCUT2D eigenvalue weighted by atomic mass is 10.1. The third-order valence-corrected chi connectivity index (χ3v) is 3.22. The molecule has 0 amide bonds. The quantitative estimate of drug-likeness (QED) is 0.592. The van der Waals surface area contributed by atoms with Crippen LogP contribution in [0.15, 0.2) is 24.3 Å². The summed E-state index contributed by atoms with van der Waals surface area (Å²) in [5.74, 6) is 1.04. The predicted molar refractivity (Wildman–Crippen MR) is 82.7 cm³/mol. The summed E-state index contributed by atoms with van der Waals surface area (Å²) in [5.41, 5.74) is 1.27. The van der Waals surface area contributed by atoms with Crippen molar-refractivity contribution >= 4 is 0 Å². The Hall–Kier alpha value is -1.02. The van der Waals surface area contributed by atoms with Crippen molar-refractivity contribution in [2.24, 2.45) is 0 Å². The van der Waals surface area contributed by atoms with Crippen LogP contribution in [0, 0.1) is 0 Å². The third kappa shape index (κ3) is 7.22. The highest BCUT2D eigenvalue weighted by Gasteiger charge is 2.02. The first-order chi connectivity index (χ1) is 9.38. The molecule has 0 fully saturated rings. The molecule has 0 unspecified atom stereocenters. The fourth-order valence-electron chi connectivity index (χ4n) is 2.08. The van der Waals surface area contributed by atoms with E-state index in [0.29, 0.717) is 0 Å². The minimum Gasteiger partial charge on any atom is -0.493 e. The van der Waals surface area contributed by atoms with Crippen LogP contribution in [-0.2, 0) is 6.54 Å². The van der Waals surface area contributed by atoms with Gasteiger partial charge in [0.1, 0.15) is 5.75 Å². The van der Waals surface area contributed by atoms with Gasteiger partial charge in [0.25, 0.3) is 0 Å². The van der Waals surface area contributed by atoms with Gasteiger partial charge < -0.3 is 10.1 Å². The van der Waals surface area contributed by atoms with Crippen LogP contribution in [0.3, 0.4) is 0 Å². The smallest absolute Gasteiger partial charge is 0.123 e. The number of hydrogen-bond acceptors (Lipinski definition) is 2. The molecule has 0 aromatic heterocycles. The average molecular weight is 263 g/mol. The lowest BCUT2D eigenvalue weighted by Crippen LogP contribution is -2.14. The number of ether oxygens (including phenoxy) is 1. The first-order valence-corrected chi connectivity index (χ1v) is 7.80. The van der Waals surface area contributed by atoms with Gasteiger partial charge in [-0.3, -0.25) is 0 Å². The van der Waals surface area contributed by atoms with Crippen LogP contribution >= 0.6 is 0 Å². The maximum Gasteiger partial charge on any atom is 0.123 e. The number of nitrogens with one attached hydrogen (secondary N) is 1. The van der Waals surface area contributed by atoms with Crippen molar-refractivity contribution in [2.75, 3.05) is 13.2 Å². The molecule has 0 aliphatic rings. The second-order valence-electron chi connectivity index (χ2n) is 5.05. The van der Waals surface area contributed by atoms with Gasteiger partial charge in [-0.05, 0) is 25.5 Å². The lowest BCUT2D eigenvalue weighted by molar-refractivity contribution is 0.301. The minimum atomic E-state index is 0.842. The Balaban J connectivity index is 2.27. The fourth-order valence-corrected chi connectivity index (χ4v) is 2.08. The van der Waals surface area contributed by atoms with Crippen molar-refractivity contribution in [3.8, 4) is 5.75 Å². The Kier molecular flexibility index (Phi) is 9.17. The summed E-state index contributed by atoms with van der Waals surface area (Å²) < 4.78 is 5.91. The van der Waals surface area contributed by atoms with Crippen molar-refractivity contribution in [3.05, 3.63) is 29.8 Å². The van der Waals surface area contributed by atoms with Gasteiger partial charge in [-0.15, -0.1) is 0 Å². The van der Waals surface area contributed by atoms with E-state index in [4.69, 9.17) is 4.74 Å². The summed E-state index contributed by atoms with van der Waals surface area (Å²) >= 11 is 0. The minimum absolute atomic E-state index is 0.842. The molecule has 0 spiro atoms. The van der Waals surface area contributed by atoms with E-state index < -0.39 is 0 Å². The SMILES string of the molecule is CCCCCCCOc1ccccc1CNCCC. The van der Waals surface area contributed by atoms with Gasteiger partial charge in [0, 0.05) is 12.1 Å². The molecule has 1 rings (SSSR count). The highest BCUT2D eigenvalue weighted by Crippen LogP contribution is 2.18. The van der Waals surface area contributed by atoms with E-state index in [1.54, 1.807) is 0 Å². The second kappa shape index (κ2) is 10.9. The molecule has 0 aliphatic carbocycles. The summed E-state index contributed by atoms with van der Waals surface area (Å²) in [5, 5.41) is 3.43. The van der Waals surface area contributed by atoms with E-state index in [9.17, 15) is 0 Å². The summed E-state index contributed by atoms with van der Waals surface area (Å²) in [4.78, 5) is 0. The second-order valence-corrected chi connectivity index (χ2v) is 5.05. The van der Waals surface area contributed by atoms with Crippen molar-refractivity contribution in [2.45, 2.75) is 58.9 Å².